The van der Waals surface area contributed by atoms with Crippen LogP contribution in [0.5, 0.6) is 0 Å². The van der Waals surface area contributed by atoms with Crippen LogP contribution in [0, 0.1) is 0 Å². The monoisotopic (exact) mass is 510 g/mol. The van der Waals surface area contributed by atoms with E-state index < -0.39 is 89.5 Å². The van der Waals surface area contributed by atoms with Gasteiger partial charge >= 0.3 is 23.9 Å². The molecule has 0 spiro atoms. The molecule has 0 aromatic carbocycles. The summed E-state index contributed by atoms with van der Waals surface area (Å²) in [5.41, 5.74) is -2.91. The zero-order chi connectivity index (χ0) is 27.1. The summed E-state index contributed by atoms with van der Waals surface area (Å²) in [7, 11) is 0. The first-order valence-electron chi connectivity index (χ1n) is 10.9. The average molecular weight is 510 g/mol. The molecular formula is C23H26O13. The maximum Gasteiger partial charge on any atom is 0.304 e. The Kier molecular flexibility index (Phi) is 7.25. The van der Waals surface area contributed by atoms with E-state index in [1.165, 1.54) is 6.92 Å². The molecular weight excluding hydrogens is 484 g/mol. The largest absolute Gasteiger partial charge is 0.507 e. The topological polar surface area (TPSA) is 178 Å². The lowest BCUT2D eigenvalue weighted by molar-refractivity contribution is -0.176. The number of hydrogen-bond donors (Lipinski definition) is 1. The fourth-order valence-electron chi connectivity index (χ4n) is 4.51. The van der Waals surface area contributed by atoms with Crippen LogP contribution in [-0.4, -0.2) is 83.3 Å². The molecule has 1 saturated heterocycles. The molecule has 36 heavy (non-hydrogen) atoms. The van der Waals surface area contributed by atoms with Gasteiger partial charge in [-0.1, -0.05) is 0 Å². The molecule has 1 fully saturated rings. The van der Waals surface area contributed by atoms with Gasteiger partial charge in [-0.3, -0.25) is 28.8 Å². The van der Waals surface area contributed by atoms with Gasteiger partial charge in [0.25, 0.3) is 0 Å². The van der Waals surface area contributed by atoms with Gasteiger partial charge in [0.15, 0.2) is 29.9 Å². The quantitative estimate of drug-likeness (QED) is 0.278. The van der Waals surface area contributed by atoms with Crippen molar-refractivity contribution in [2.24, 2.45) is 0 Å². The van der Waals surface area contributed by atoms with E-state index in [-0.39, 0.29) is 11.3 Å². The standard InChI is InChI=1S/C23H26O13/c1-8(24)14-16(29)15-18-20(35-22(15)23(6,21(14)30)36-12(5)28)19(33-11(4)27)17(34-18)13(32-10(3)26)7-31-9(2)25/h13,17-20,29H,7H2,1-6H3/t13-,17-,18-,19+,20+,23-/m1/s1. The molecule has 0 radical (unpaired) electrons. The summed E-state index contributed by atoms with van der Waals surface area (Å²) in [6.07, 6.45) is -6.24. The highest BCUT2D eigenvalue weighted by Crippen LogP contribution is 2.50. The molecule has 13 nitrogen and oxygen atoms in total. The maximum atomic E-state index is 13.1. The number of ether oxygens (including phenoxy) is 6. The van der Waals surface area contributed by atoms with Crippen LogP contribution in [0.15, 0.2) is 22.7 Å². The molecule has 0 bridgehead atoms. The maximum absolute atomic E-state index is 13.1. The number of esters is 4. The third kappa shape index (κ3) is 4.70. The van der Waals surface area contributed by atoms with E-state index in [4.69, 9.17) is 28.4 Å². The third-order valence-electron chi connectivity index (χ3n) is 5.75. The zero-order valence-electron chi connectivity index (χ0n) is 20.4. The van der Waals surface area contributed by atoms with E-state index in [0.717, 1.165) is 34.6 Å². The molecule has 196 valence electrons. The molecule has 3 rings (SSSR count). The molecule has 0 aromatic rings. The number of hydrogen-bond acceptors (Lipinski definition) is 13. The molecule has 1 aliphatic carbocycles. The van der Waals surface area contributed by atoms with Crippen LogP contribution in [0.25, 0.3) is 0 Å². The predicted octanol–water partition coefficient (Wildman–Crippen LogP) is 0.139. The Morgan fingerprint density at radius 1 is 1.00 bits per heavy atom. The number of carbonyl (C=O) groups excluding carboxylic acids is 6. The third-order valence-corrected chi connectivity index (χ3v) is 5.75. The Morgan fingerprint density at radius 3 is 2.14 bits per heavy atom. The van der Waals surface area contributed by atoms with E-state index in [2.05, 4.69) is 0 Å². The minimum absolute atomic E-state index is 0.165. The van der Waals surface area contributed by atoms with Gasteiger partial charge in [0.1, 0.15) is 30.1 Å². The van der Waals surface area contributed by atoms with Crippen LogP contribution in [-0.2, 0) is 57.2 Å². The Labute approximate surface area is 205 Å². The van der Waals surface area contributed by atoms with Crippen LogP contribution < -0.4 is 0 Å². The molecule has 0 unspecified atom stereocenters. The van der Waals surface area contributed by atoms with E-state index >= 15 is 0 Å². The van der Waals surface area contributed by atoms with Crippen molar-refractivity contribution in [2.75, 3.05) is 6.61 Å². The summed E-state index contributed by atoms with van der Waals surface area (Å²) in [6.45, 7) is 6.20. The zero-order valence-corrected chi connectivity index (χ0v) is 20.4. The summed E-state index contributed by atoms with van der Waals surface area (Å²) in [6, 6.07) is 0. The van der Waals surface area contributed by atoms with Crippen LogP contribution >= 0.6 is 0 Å². The van der Waals surface area contributed by atoms with Crippen molar-refractivity contribution < 1.29 is 62.3 Å². The van der Waals surface area contributed by atoms with Crippen molar-refractivity contribution in [2.45, 2.75) is 77.7 Å². The number of aliphatic hydroxyl groups excluding tert-OH is 1. The van der Waals surface area contributed by atoms with Crippen molar-refractivity contribution >= 4 is 35.4 Å². The highest BCUT2D eigenvalue weighted by Gasteiger charge is 2.64. The highest BCUT2D eigenvalue weighted by atomic mass is 16.7. The van der Waals surface area contributed by atoms with Crippen molar-refractivity contribution in [1.82, 2.24) is 0 Å². The number of rotatable bonds is 7. The molecule has 1 N–H and O–H groups in total. The normalized spacial score (nSPS) is 29.6. The van der Waals surface area contributed by atoms with E-state index in [9.17, 15) is 33.9 Å². The van der Waals surface area contributed by atoms with Gasteiger partial charge in [0.05, 0.1) is 5.57 Å². The van der Waals surface area contributed by atoms with Gasteiger partial charge in [0.2, 0.25) is 11.4 Å². The second-order valence-electron chi connectivity index (χ2n) is 8.61. The molecule has 13 heteroatoms. The Morgan fingerprint density at radius 2 is 1.64 bits per heavy atom. The van der Waals surface area contributed by atoms with Crippen LogP contribution in [0.4, 0.5) is 0 Å². The molecule has 3 aliphatic rings. The smallest absolute Gasteiger partial charge is 0.304 e. The Balaban J connectivity index is 2.12. The van der Waals surface area contributed by atoms with Gasteiger partial charge in [-0.25, -0.2) is 0 Å². The number of aliphatic hydroxyl groups is 1. The van der Waals surface area contributed by atoms with Crippen molar-refractivity contribution in [3.05, 3.63) is 22.7 Å². The first-order valence-corrected chi connectivity index (χ1v) is 10.9. The second-order valence-corrected chi connectivity index (χ2v) is 8.61. The SMILES string of the molecule is CC(=O)OC[C@@H](OC(C)=O)[C@H]1O[C@@H]2C3=C(O[C@@H]2[C@H]1OC(C)=O)[C@](C)(OC(C)=O)C(=O)C(C(C)=O)=C3O. The Hall–Kier alpha value is -3.74. The van der Waals surface area contributed by atoms with Gasteiger partial charge in [-0.15, -0.1) is 0 Å². The van der Waals surface area contributed by atoms with E-state index in [1.807, 2.05) is 0 Å². The minimum atomic E-state index is -2.12. The molecule has 0 amide bonds. The summed E-state index contributed by atoms with van der Waals surface area (Å²) < 4.78 is 32.8. The summed E-state index contributed by atoms with van der Waals surface area (Å²) in [5.74, 6) is -5.90. The van der Waals surface area contributed by atoms with E-state index in [1.54, 1.807) is 0 Å². The van der Waals surface area contributed by atoms with Crippen LogP contribution in [0.3, 0.4) is 0 Å². The first kappa shape index (κ1) is 26.9. The molecule has 2 aliphatic heterocycles. The number of carbonyl (C=O) groups is 6. The number of fused-ring (bicyclic) bond motifs is 2. The lowest BCUT2D eigenvalue weighted by Crippen LogP contribution is -2.49. The molecule has 6 atom stereocenters. The van der Waals surface area contributed by atoms with Gasteiger partial charge in [-0.2, -0.15) is 0 Å². The van der Waals surface area contributed by atoms with Crippen molar-refractivity contribution in [3.63, 3.8) is 0 Å². The summed E-state index contributed by atoms with van der Waals surface area (Å²) in [4.78, 5) is 72.2. The van der Waals surface area contributed by atoms with Crippen LogP contribution in [0.1, 0.15) is 41.5 Å². The molecule has 0 aromatic heterocycles. The highest BCUT2D eigenvalue weighted by molar-refractivity contribution is 6.25. The summed E-state index contributed by atoms with van der Waals surface area (Å²) in [5, 5.41) is 10.9. The second kappa shape index (κ2) is 9.72. The summed E-state index contributed by atoms with van der Waals surface area (Å²) >= 11 is 0. The first-order chi connectivity index (χ1) is 16.7. The average Bonchev–Trinajstić information content (AvgIpc) is 3.26. The van der Waals surface area contributed by atoms with Gasteiger partial charge < -0.3 is 33.5 Å². The van der Waals surface area contributed by atoms with Crippen molar-refractivity contribution in [1.29, 1.82) is 0 Å². The van der Waals surface area contributed by atoms with Crippen molar-refractivity contribution in [3.8, 4) is 0 Å². The molecule has 0 saturated carbocycles. The lowest BCUT2D eigenvalue weighted by Gasteiger charge is -2.34. The number of ketones is 2. The Bertz CT molecular complexity index is 1100. The fourth-order valence-corrected chi connectivity index (χ4v) is 4.51. The van der Waals surface area contributed by atoms with Crippen LogP contribution in [0.2, 0.25) is 0 Å². The predicted molar refractivity (Wildman–Crippen MR) is 114 cm³/mol. The molecule has 2 heterocycles. The lowest BCUT2D eigenvalue weighted by atomic mass is 9.80. The fraction of sp³-hybridized carbons (Fsp3) is 0.565. The minimum Gasteiger partial charge on any atom is -0.507 e. The number of Topliss-reactive ketones (excluding diaryl/α,β-unsaturated/α-hetero) is 2. The van der Waals surface area contributed by atoms with E-state index in [0.29, 0.717) is 0 Å². The van der Waals surface area contributed by atoms with Gasteiger partial charge in [0, 0.05) is 27.7 Å². The van der Waals surface area contributed by atoms with Gasteiger partial charge in [-0.05, 0) is 13.8 Å².